The third kappa shape index (κ3) is 2.74. The van der Waals surface area contributed by atoms with Crippen molar-refractivity contribution in [2.24, 2.45) is 0 Å². The summed E-state index contributed by atoms with van der Waals surface area (Å²) < 4.78 is 1.64. The lowest BCUT2D eigenvalue weighted by Crippen LogP contribution is -2.39. The Bertz CT molecular complexity index is 736. The molecular weight excluding hydrogens is 292 g/mol. The summed E-state index contributed by atoms with van der Waals surface area (Å²) in [7, 11) is 0. The van der Waals surface area contributed by atoms with E-state index in [4.69, 9.17) is 0 Å². The SMILES string of the molecule is O=C1Nc2ccccc2CCC1n1cc(CC2(O)CCC2)nn1. The fourth-order valence-electron chi connectivity index (χ4n) is 3.40. The molecule has 1 saturated carbocycles. The largest absolute Gasteiger partial charge is 0.389 e. The summed E-state index contributed by atoms with van der Waals surface area (Å²) in [5.74, 6) is -0.0613. The van der Waals surface area contributed by atoms with Gasteiger partial charge in [-0.15, -0.1) is 5.10 Å². The van der Waals surface area contributed by atoms with Crippen LogP contribution in [0, 0.1) is 0 Å². The molecule has 6 heteroatoms. The number of benzene rings is 1. The smallest absolute Gasteiger partial charge is 0.249 e. The van der Waals surface area contributed by atoms with Gasteiger partial charge in [0.2, 0.25) is 5.91 Å². The summed E-state index contributed by atoms with van der Waals surface area (Å²) in [6.45, 7) is 0. The van der Waals surface area contributed by atoms with Crippen molar-refractivity contribution in [2.75, 3.05) is 5.32 Å². The van der Waals surface area contributed by atoms with E-state index in [0.29, 0.717) is 12.8 Å². The average molecular weight is 312 g/mol. The van der Waals surface area contributed by atoms with Gasteiger partial charge in [-0.3, -0.25) is 4.79 Å². The molecule has 4 rings (SSSR count). The lowest BCUT2D eigenvalue weighted by molar-refractivity contribution is -0.119. The topological polar surface area (TPSA) is 80.0 Å². The van der Waals surface area contributed by atoms with Crippen LogP contribution in [-0.2, 0) is 17.6 Å². The number of rotatable bonds is 3. The molecule has 2 aromatic rings. The average Bonchev–Trinajstić information content (AvgIpc) is 2.88. The minimum Gasteiger partial charge on any atom is -0.389 e. The van der Waals surface area contributed by atoms with Crippen molar-refractivity contribution in [2.45, 2.75) is 50.2 Å². The molecule has 2 N–H and O–H groups in total. The predicted octanol–water partition coefficient (Wildman–Crippen LogP) is 1.86. The van der Waals surface area contributed by atoms with Gasteiger partial charge in [0.05, 0.1) is 11.3 Å². The number of para-hydroxylation sites is 1. The van der Waals surface area contributed by atoms with Crippen molar-refractivity contribution in [3.05, 3.63) is 41.7 Å². The number of amides is 1. The summed E-state index contributed by atoms with van der Waals surface area (Å²) in [6.07, 6.45) is 6.53. The molecule has 0 saturated heterocycles. The van der Waals surface area contributed by atoms with Gasteiger partial charge in [0.1, 0.15) is 6.04 Å². The number of fused-ring (bicyclic) bond motifs is 1. The van der Waals surface area contributed by atoms with Gasteiger partial charge in [-0.05, 0) is 43.7 Å². The molecule has 120 valence electrons. The van der Waals surface area contributed by atoms with Crippen LogP contribution in [0.5, 0.6) is 0 Å². The van der Waals surface area contributed by atoms with Gasteiger partial charge in [-0.25, -0.2) is 4.68 Å². The number of aryl methyl sites for hydroxylation is 1. The van der Waals surface area contributed by atoms with Crippen LogP contribution in [0.3, 0.4) is 0 Å². The molecule has 2 aliphatic rings. The first-order valence-corrected chi connectivity index (χ1v) is 8.15. The fraction of sp³-hybridized carbons (Fsp3) is 0.471. The third-order valence-electron chi connectivity index (χ3n) is 4.94. The summed E-state index contributed by atoms with van der Waals surface area (Å²) >= 11 is 0. The monoisotopic (exact) mass is 312 g/mol. The summed E-state index contributed by atoms with van der Waals surface area (Å²) in [5.41, 5.74) is 2.15. The van der Waals surface area contributed by atoms with E-state index in [1.165, 1.54) is 0 Å². The highest BCUT2D eigenvalue weighted by molar-refractivity contribution is 5.95. The Morgan fingerprint density at radius 1 is 1.35 bits per heavy atom. The number of aliphatic hydroxyl groups is 1. The predicted molar refractivity (Wildman–Crippen MR) is 85.0 cm³/mol. The molecule has 0 spiro atoms. The Hall–Kier alpha value is -2.21. The van der Waals surface area contributed by atoms with Crippen molar-refractivity contribution in [3.8, 4) is 0 Å². The molecule has 1 aliphatic carbocycles. The lowest BCUT2D eigenvalue weighted by atomic mass is 9.77. The van der Waals surface area contributed by atoms with E-state index >= 15 is 0 Å². The zero-order valence-electron chi connectivity index (χ0n) is 12.9. The van der Waals surface area contributed by atoms with Gasteiger partial charge in [0.15, 0.2) is 0 Å². The quantitative estimate of drug-likeness (QED) is 0.906. The van der Waals surface area contributed by atoms with Crippen LogP contribution in [-0.4, -0.2) is 31.6 Å². The standard InChI is InChI=1S/C17H20N4O2/c22-16-15(7-6-12-4-1-2-5-14(12)18-16)21-11-13(19-20-21)10-17(23)8-3-9-17/h1-2,4-5,11,15,23H,3,6-10H2,(H,18,22). The van der Waals surface area contributed by atoms with E-state index < -0.39 is 5.60 Å². The van der Waals surface area contributed by atoms with Gasteiger partial charge >= 0.3 is 0 Å². The van der Waals surface area contributed by atoms with E-state index in [2.05, 4.69) is 15.6 Å². The third-order valence-corrected chi connectivity index (χ3v) is 4.94. The molecule has 0 bridgehead atoms. The minimum absolute atomic E-state index is 0.0613. The summed E-state index contributed by atoms with van der Waals surface area (Å²) in [4.78, 5) is 12.5. The Morgan fingerprint density at radius 2 is 2.17 bits per heavy atom. The first-order chi connectivity index (χ1) is 11.1. The summed E-state index contributed by atoms with van der Waals surface area (Å²) in [6, 6.07) is 7.51. The number of hydrogen-bond donors (Lipinski definition) is 2. The van der Waals surface area contributed by atoms with E-state index in [1.54, 1.807) is 10.9 Å². The maximum Gasteiger partial charge on any atom is 0.249 e. The minimum atomic E-state index is -0.622. The van der Waals surface area contributed by atoms with Crippen molar-refractivity contribution >= 4 is 11.6 Å². The normalized spacial score (nSPS) is 22.7. The van der Waals surface area contributed by atoms with E-state index in [9.17, 15) is 9.90 Å². The highest BCUT2D eigenvalue weighted by atomic mass is 16.3. The van der Waals surface area contributed by atoms with Crippen molar-refractivity contribution in [1.82, 2.24) is 15.0 Å². The molecule has 23 heavy (non-hydrogen) atoms. The van der Waals surface area contributed by atoms with Crippen LogP contribution >= 0.6 is 0 Å². The van der Waals surface area contributed by atoms with Crippen molar-refractivity contribution in [1.29, 1.82) is 0 Å². The van der Waals surface area contributed by atoms with Crippen molar-refractivity contribution < 1.29 is 9.90 Å². The molecule has 2 heterocycles. The zero-order chi connectivity index (χ0) is 15.9. The lowest BCUT2D eigenvalue weighted by Gasteiger charge is -2.35. The maximum absolute atomic E-state index is 12.5. The fourth-order valence-corrected chi connectivity index (χ4v) is 3.40. The Morgan fingerprint density at radius 3 is 2.96 bits per heavy atom. The van der Waals surface area contributed by atoms with Gasteiger partial charge < -0.3 is 10.4 Å². The molecular formula is C17H20N4O2. The Balaban J connectivity index is 1.52. The highest BCUT2D eigenvalue weighted by Crippen LogP contribution is 2.34. The van der Waals surface area contributed by atoms with Crippen LogP contribution in [0.4, 0.5) is 5.69 Å². The number of nitrogens with one attached hydrogen (secondary N) is 1. The molecule has 1 amide bonds. The van der Waals surface area contributed by atoms with E-state index in [-0.39, 0.29) is 11.9 Å². The maximum atomic E-state index is 12.5. The van der Waals surface area contributed by atoms with Crippen LogP contribution in [0.1, 0.15) is 43.0 Å². The molecule has 1 aliphatic heterocycles. The van der Waals surface area contributed by atoms with E-state index in [1.807, 2.05) is 24.3 Å². The van der Waals surface area contributed by atoms with Crippen LogP contribution in [0.25, 0.3) is 0 Å². The second-order valence-corrected chi connectivity index (χ2v) is 6.65. The molecule has 6 nitrogen and oxygen atoms in total. The molecule has 1 atom stereocenters. The first kappa shape index (κ1) is 14.4. The second-order valence-electron chi connectivity index (χ2n) is 6.65. The molecule has 1 unspecified atom stereocenters. The Kier molecular flexibility index (Phi) is 3.41. The van der Waals surface area contributed by atoms with Gasteiger partial charge in [-0.1, -0.05) is 23.4 Å². The van der Waals surface area contributed by atoms with Crippen LogP contribution in [0.2, 0.25) is 0 Å². The first-order valence-electron chi connectivity index (χ1n) is 8.15. The molecule has 1 aromatic heterocycles. The number of anilines is 1. The number of carbonyl (C=O) groups is 1. The van der Waals surface area contributed by atoms with Crippen LogP contribution < -0.4 is 5.32 Å². The molecule has 0 radical (unpaired) electrons. The van der Waals surface area contributed by atoms with Gasteiger partial charge in [-0.2, -0.15) is 0 Å². The number of nitrogens with zero attached hydrogens (tertiary/aromatic N) is 3. The summed E-state index contributed by atoms with van der Waals surface area (Å²) in [5, 5.41) is 21.5. The second kappa shape index (κ2) is 5.45. The number of hydrogen-bond acceptors (Lipinski definition) is 4. The van der Waals surface area contributed by atoms with Crippen molar-refractivity contribution in [3.63, 3.8) is 0 Å². The van der Waals surface area contributed by atoms with Crippen LogP contribution in [0.15, 0.2) is 30.5 Å². The van der Waals surface area contributed by atoms with Gasteiger partial charge in [0.25, 0.3) is 0 Å². The van der Waals surface area contributed by atoms with E-state index in [0.717, 1.165) is 42.6 Å². The Labute approximate surface area is 134 Å². The zero-order valence-corrected chi connectivity index (χ0v) is 12.9. The molecule has 1 fully saturated rings. The highest BCUT2D eigenvalue weighted by Gasteiger charge is 2.35. The van der Waals surface area contributed by atoms with Gasteiger partial charge in [0, 0.05) is 18.3 Å². The number of carbonyl (C=O) groups excluding carboxylic acids is 1. The molecule has 1 aromatic carbocycles. The number of aromatic nitrogens is 3.